The average Bonchev–Trinajstić information content (AvgIpc) is 2.91. The van der Waals surface area contributed by atoms with E-state index >= 15 is 0 Å². The van der Waals surface area contributed by atoms with Crippen LogP contribution in [-0.4, -0.2) is 44.2 Å². The molecule has 0 saturated carbocycles. The van der Waals surface area contributed by atoms with E-state index in [0.717, 1.165) is 38.4 Å². The lowest BCUT2D eigenvalue weighted by molar-refractivity contribution is 0.0563. The molecule has 1 rings (SSSR count). The highest BCUT2D eigenvalue weighted by Gasteiger charge is 2.10. The lowest BCUT2D eigenvalue weighted by atomic mass is 10.3. The number of hydrogen-bond acceptors (Lipinski definition) is 5. The van der Waals surface area contributed by atoms with Crippen LogP contribution in [0.2, 0.25) is 0 Å². The van der Waals surface area contributed by atoms with Crippen LogP contribution < -0.4 is 5.32 Å². The predicted octanol–water partition coefficient (Wildman–Crippen LogP) is 1.89. The minimum Gasteiger partial charge on any atom is -0.463 e. The molecule has 5 nitrogen and oxygen atoms in total. The largest absolute Gasteiger partial charge is 0.463 e. The Bertz CT molecular complexity index is 373. The highest BCUT2D eigenvalue weighted by Crippen LogP contribution is 2.08. The summed E-state index contributed by atoms with van der Waals surface area (Å²) in [7, 11) is 1.34. The summed E-state index contributed by atoms with van der Waals surface area (Å²) < 4.78 is 9.94. The first-order valence-electron chi connectivity index (χ1n) is 6.81. The molecular formula is C14H24N2O3. The number of carbonyl (C=O) groups is 1. The molecule has 0 amide bonds. The Kier molecular flexibility index (Phi) is 7.22. The summed E-state index contributed by atoms with van der Waals surface area (Å²) in [6.45, 7) is 9.21. The molecule has 0 aromatic carbocycles. The molecule has 0 saturated heterocycles. The molecule has 0 aliphatic rings. The number of methoxy groups -OCH3 is 1. The third kappa shape index (κ3) is 5.44. The van der Waals surface area contributed by atoms with Gasteiger partial charge in [0.25, 0.3) is 0 Å². The van der Waals surface area contributed by atoms with Crippen molar-refractivity contribution in [3.05, 3.63) is 23.7 Å². The van der Waals surface area contributed by atoms with E-state index in [1.807, 2.05) is 0 Å². The van der Waals surface area contributed by atoms with E-state index in [2.05, 4.69) is 28.8 Å². The van der Waals surface area contributed by atoms with Crippen molar-refractivity contribution in [2.75, 3.05) is 33.3 Å². The first-order valence-corrected chi connectivity index (χ1v) is 6.81. The molecule has 1 aromatic heterocycles. The normalized spacial score (nSPS) is 10.9. The van der Waals surface area contributed by atoms with Crippen LogP contribution in [0.1, 0.15) is 36.6 Å². The average molecular weight is 268 g/mol. The number of rotatable bonds is 9. The van der Waals surface area contributed by atoms with E-state index in [0.29, 0.717) is 6.54 Å². The van der Waals surface area contributed by atoms with Gasteiger partial charge in [-0.05, 0) is 44.7 Å². The van der Waals surface area contributed by atoms with Crippen LogP contribution in [-0.2, 0) is 11.3 Å². The number of carbonyl (C=O) groups excluding carboxylic acids is 1. The van der Waals surface area contributed by atoms with Gasteiger partial charge in [-0.15, -0.1) is 0 Å². The maximum absolute atomic E-state index is 11.2. The number of esters is 1. The fourth-order valence-corrected chi connectivity index (χ4v) is 1.86. The quantitative estimate of drug-likeness (QED) is 0.547. The Morgan fingerprint density at radius 1 is 1.37 bits per heavy atom. The van der Waals surface area contributed by atoms with E-state index in [1.165, 1.54) is 7.11 Å². The van der Waals surface area contributed by atoms with Gasteiger partial charge in [-0.3, -0.25) is 0 Å². The molecule has 0 fully saturated rings. The summed E-state index contributed by atoms with van der Waals surface area (Å²) in [6.07, 6.45) is 1.10. The molecule has 1 N–H and O–H groups in total. The zero-order chi connectivity index (χ0) is 14.1. The Balaban J connectivity index is 2.19. The molecule has 0 unspecified atom stereocenters. The van der Waals surface area contributed by atoms with E-state index in [4.69, 9.17) is 4.42 Å². The molecule has 0 aliphatic carbocycles. The van der Waals surface area contributed by atoms with Gasteiger partial charge in [0.15, 0.2) is 0 Å². The first kappa shape index (κ1) is 15.7. The van der Waals surface area contributed by atoms with Crippen LogP contribution in [0.3, 0.4) is 0 Å². The number of furan rings is 1. The van der Waals surface area contributed by atoms with Crippen molar-refractivity contribution in [3.8, 4) is 0 Å². The second-order valence-electron chi connectivity index (χ2n) is 4.31. The first-order chi connectivity index (χ1) is 9.21. The van der Waals surface area contributed by atoms with Crippen molar-refractivity contribution in [2.45, 2.75) is 26.8 Å². The smallest absolute Gasteiger partial charge is 0.373 e. The predicted molar refractivity (Wildman–Crippen MR) is 74.2 cm³/mol. The Morgan fingerprint density at radius 2 is 2.11 bits per heavy atom. The summed E-state index contributed by atoms with van der Waals surface area (Å²) in [4.78, 5) is 13.6. The highest BCUT2D eigenvalue weighted by atomic mass is 16.5. The van der Waals surface area contributed by atoms with Crippen LogP contribution in [0.15, 0.2) is 16.5 Å². The molecule has 5 heteroatoms. The molecule has 1 heterocycles. The van der Waals surface area contributed by atoms with Gasteiger partial charge in [0.2, 0.25) is 5.76 Å². The summed E-state index contributed by atoms with van der Waals surface area (Å²) >= 11 is 0. The molecule has 19 heavy (non-hydrogen) atoms. The van der Waals surface area contributed by atoms with Gasteiger partial charge in [0.05, 0.1) is 13.7 Å². The van der Waals surface area contributed by atoms with Crippen molar-refractivity contribution >= 4 is 5.97 Å². The molecule has 108 valence electrons. The van der Waals surface area contributed by atoms with E-state index < -0.39 is 5.97 Å². The number of nitrogens with one attached hydrogen (secondary N) is 1. The SMILES string of the molecule is CCN(CC)CCCNCc1ccc(C(=O)OC)o1. The fraction of sp³-hybridized carbons (Fsp3) is 0.643. The molecule has 0 radical (unpaired) electrons. The number of nitrogens with zero attached hydrogens (tertiary/aromatic N) is 1. The van der Waals surface area contributed by atoms with Gasteiger partial charge in [-0.2, -0.15) is 0 Å². The van der Waals surface area contributed by atoms with E-state index in [-0.39, 0.29) is 5.76 Å². The summed E-state index contributed by atoms with van der Waals surface area (Å²) in [5, 5.41) is 3.30. The number of ether oxygens (including phenoxy) is 1. The van der Waals surface area contributed by atoms with Crippen molar-refractivity contribution in [1.82, 2.24) is 10.2 Å². The monoisotopic (exact) mass is 268 g/mol. The molecule has 0 aliphatic heterocycles. The molecule has 0 spiro atoms. The zero-order valence-electron chi connectivity index (χ0n) is 12.1. The van der Waals surface area contributed by atoms with Gasteiger partial charge < -0.3 is 19.4 Å². The maximum atomic E-state index is 11.2. The molecule has 0 atom stereocenters. The molecule has 1 aromatic rings. The van der Waals surface area contributed by atoms with E-state index in [1.54, 1.807) is 12.1 Å². The van der Waals surface area contributed by atoms with Crippen molar-refractivity contribution in [2.24, 2.45) is 0 Å². The fourth-order valence-electron chi connectivity index (χ4n) is 1.86. The van der Waals surface area contributed by atoms with Gasteiger partial charge in [0.1, 0.15) is 5.76 Å². The third-order valence-electron chi connectivity index (χ3n) is 3.07. The minimum atomic E-state index is -0.437. The van der Waals surface area contributed by atoms with Gasteiger partial charge in [-0.25, -0.2) is 4.79 Å². The van der Waals surface area contributed by atoms with Gasteiger partial charge >= 0.3 is 5.97 Å². The Labute approximate surface area is 114 Å². The van der Waals surface area contributed by atoms with Crippen LogP contribution >= 0.6 is 0 Å². The standard InChI is InChI=1S/C14H24N2O3/c1-4-16(5-2)10-6-9-15-11-12-7-8-13(19-12)14(17)18-3/h7-8,15H,4-6,9-11H2,1-3H3. The molecular weight excluding hydrogens is 244 g/mol. The Hall–Kier alpha value is -1.33. The van der Waals surface area contributed by atoms with Gasteiger partial charge in [-0.1, -0.05) is 13.8 Å². The van der Waals surface area contributed by atoms with Crippen molar-refractivity contribution in [3.63, 3.8) is 0 Å². The number of hydrogen-bond donors (Lipinski definition) is 1. The van der Waals surface area contributed by atoms with Crippen molar-refractivity contribution in [1.29, 1.82) is 0 Å². The molecule has 0 bridgehead atoms. The van der Waals surface area contributed by atoms with Crippen LogP contribution in [0.25, 0.3) is 0 Å². The summed E-state index contributed by atoms with van der Waals surface area (Å²) in [5.41, 5.74) is 0. The van der Waals surface area contributed by atoms with Gasteiger partial charge in [0, 0.05) is 0 Å². The minimum absolute atomic E-state index is 0.252. The van der Waals surface area contributed by atoms with Crippen LogP contribution in [0.5, 0.6) is 0 Å². The lowest BCUT2D eigenvalue weighted by Gasteiger charge is -2.17. The summed E-state index contributed by atoms with van der Waals surface area (Å²) in [5.74, 6) is 0.568. The summed E-state index contributed by atoms with van der Waals surface area (Å²) in [6, 6.07) is 3.43. The van der Waals surface area contributed by atoms with Crippen molar-refractivity contribution < 1.29 is 13.9 Å². The second kappa shape index (κ2) is 8.72. The Morgan fingerprint density at radius 3 is 2.74 bits per heavy atom. The van der Waals surface area contributed by atoms with E-state index in [9.17, 15) is 4.79 Å². The van der Waals surface area contributed by atoms with Crippen LogP contribution in [0, 0.1) is 0 Å². The highest BCUT2D eigenvalue weighted by molar-refractivity contribution is 5.86. The van der Waals surface area contributed by atoms with Crippen LogP contribution in [0.4, 0.5) is 0 Å². The maximum Gasteiger partial charge on any atom is 0.373 e. The third-order valence-corrected chi connectivity index (χ3v) is 3.07. The lowest BCUT2D eigenvalue weighted by Crippen LogP contribution is -2.27. The topological polar surface area (TPSA) is 54.7 Å². The zero-order valence-corrected chi connectivity index (χ0v) is 12.1. The second-order valence-corrected chi connectivity index (χ2v) is 4.31.